The number of carbonyl (C=O) groups is 2. The molecule has 2 aromatic heterocycles. The van der Waals surface area contributed by atoms with Gasteiger partial charge in [-0.1, -0.05) is 0 Å². The third kappa shape index (κ3) is 1.96. The van der Waals surface area contributed by atoms with E-state index in [9.17, 15) is 9.59 Å². The minimum Gasteiger partial charge on any atom is -0.462 e. The van der Waals surface area contributed by atoms with Crippen LogP contribution in [0.15, 0.2) is 6.07 Å². The second-order valence-electron chi connectivity index (χ2n) is 4.68. The molecule has 5 nitrogen and oxygen atoms in total. The van der Waals surface area contributed by atoms with Gasteiger partial charge in [0, 0.05) is 17.4 Å². The number of nitrogens with two attached hydrogens (primary N) is 1. The van der Waals surface area contributed by atoms with Crippen molar-refractivity contribution in [2.75, 3.05) is 12.3 Å². The first-order chi connectivity index (χ1) is 9.61. The summed E-state index contributed by atoms with van der Waals surface area (Å²) in [4.78, 5) is 29.3. The fourth-order valence-electron chi connectivity index (χ4n) is 2.41. The van der Waals surface area contributed by atoms with E-state index < -0.39 is 5.97 Å². The molecule has 0 bridgehead atoms. The third-order valence-corrected chi connectivity index (χ3v) is 4.47. The van der Waals surface area contributed by atoms with E-state index in [1.807, 2.05) is 0 Å². The van der Waals surface area contributed by atoms with Crippen molar-refractivity contribution in [2.45, 2.75) is 26.2 Å². The third-order valence-electron chi connectivity index (χ3n) is 3.38. The number of ether oxygens (including phenoxy) is 1. The Labute approximate surface area is 119 Å². The largest absolute Gasteiger partial charge is 0.462 e. The van der Waals surface area contributed by atoms with Crippen LogP contribution in [0.5, 0.6) is 0 Å². The number of fused-ring (bicyclic) bond motifs is 2. The van der Waals surface area contributed by atoms with Gasteiger partial charge in [0.25, 0.3) is 0 Å². The number of hydrogen-bond donors (Lipinski definition) is 1. The number of aryl methyl sites for hydroxylation is 1. The highest BCUT2D eigenvalue weighted by atomic mass is 32.1. The first kappa shape index (κ1) is 13.1. The molecule has 1 aliphatic rings. The lowest BCUT2D eigenvalue weighted by molar-refractivity contribution is 0.0533. The number of ketones is 1. The number of thiophene rings is 1. The van der Waals surface area contributed by atoms with Gasteiger partial charge >= 0.3 is 5.97 Å². The summed E-state index contributed by atoms with van der Waals surface area (Å²) in [6.07, 6.45) is 2.18. The van der Waals surface area contributed by atoms with Gasteiger partial charge in [-0.3, -0.25) is 4.79 Å². The highest BCUT2D eigenvalue weighted by molar-refractivity contribution is 7.21. The van der Waals surface area contributed by atoms with Crippen LogP contribution >= 0.6 is 11.3 Å². The Morgan fingerprint density at radius 2 is 2.30 bits per heavy atom. The molecule has 0 fully saturated rings. The quantitative estimate of drug-likeness (QED) is 0.859. The molecule has 3 rings (SSSR count). The summed E-state index contributed by atoms with van der Waals surface area (Å²) in [5.74, 6) is -0.332. The summed E-state index contributed by atoms with van der Waals surface area (Å²) >= 11 is 1.22. The van der Waals surface area contributed by atoms with Gasteiger partial charge in [-0.15, -0.1) is 11.3 Å². The highest BCUT2D eigenvalue weighted by Crippen LogP contribution is 2.35. The van der Waals surface area contributed by atoms with Gasteiger partial charge < -0.3 is 10.5 Å². The molecule has 2 N–H and O–H groups in total. The van der Waals surface area contributed by atoms with Gasteiger partial charge in [0.1, 0.15) is 9.71 Å². The minimum absolute atomic E-state index is 0.101. The number of Topliss-reactive ketones (excluding diaryl/α,β-unsaturated/α-hetero) is 1. The fraction of sp³-hybridized carbons (Fsp3) is 0.357. The molecular weight excluding hydrogens is 276 g/mol. The zero-order valence-electron chi connectivity index (χ0n) is 11.1. The maximum Gasteiger partial charge on any atom is 0.350 e. The van der Waals surface area contributed by atoms with Crippen molar-refractivity contribution in [1.29, 1.82) is 0 Å². The van der Waals surface area contributed by atoms with Crippen LogP contribution in [-0.2, 0) is 11.2 Å². The normalized spacial score (nSPS) is 14.3. The summed E-state index contributed by atoms with van der Waals surface area (Å²) in [6, 6.07) is 1.77. The summed E-state index contributed by atoms with van der Waals surface area (Å²) in [5, 5.41) is 0.673. The van der Waals surface area contributed by atoms with Crippen LogP contribution < -0.4 is 5.73 Å². The number of nitrogen functional groups attached to an aromatic ring is 1. The van der Waals surface area contributed by atoms with Crippen molar-refractivity contribution in [2.24, 2.45) is 0 Å². The van der Waals surface area contributed by atoms with Gasteiger partial charge in [-0.05, 0) is 25.8 Å². The molecule has 0 aromatic carbocycles. The Morgan fingerprint density at radius 1 is 1.50 bits per heavy atom. The molecule has 0 atom stereocenters. The molecule has 0 amide bonds. The van der Waals surface area contributed by atoms with E-state index >= 15 is 0 Å². The average molecular weight is 290 g/mol. The standard InChI is InChI=1S/C14H14N2O3S/c1-2-19-14(18)12-11(15)8-6-7-9(16-13(8)20-12)4-3-5-10(7)17/h6H,2-5,15H2,1H3. The predicted octanol–water partition coefficient (Wildman–Crippen LogP) is 2.57. The monoisotopic (exact) mass is 290 g/mol. The Balaban J connectivity index is 2.17. The van der Waals surface area contributed by atoms with Crippen molar-refractivity contribution in [3.8, 4) is 0 Å². The van der Waals surface area contributed by atoms with E-state index in [1.54, 1.807) is 13.0 Å². The van der Waals surface area contributed by atoms with E-state index in [4.69, 9.17) is 10.5 Å². The summed E-state index contributed by atoms with van der Waals surface area (Å²) in [5.41, 5.74) is 7.82. The molecule has 0 unspecified atom stereocenters. The number of aromatic nitrogens is 1. The average Bonchev–Trinajstić information content (AvgIpc) is 2.75. The number of esters is 1. The molecule has 2 heterocycles. The van der Waals surface area contributed by atoms with Crippen LogP contribution in [0.25, 0.3) is 10.2 Å². The maximum atomic E-state index is 11.9. The highest BCUT2D eigenvalue weighted by Gasteiger charge is 2.23. The van der Waals surface area contributed by atoms with Crippen LogP contribution in [0.4, 0.5) is 5.69 Å². The van der Waals surface area contributed by atoms with Crippen LogP contribution in [0.3, 0.4) is 0 Å². The Hall–Kier alpha value is -1.95. The molecule has 1 aliphatic carbocycles. The number of hydrogen-bond acceptors (Lipinski definition) is 6. The van der Waals surface area contributed by atoms with Crippen molar-refractivity contribution in [1.82, 2.24) is 4.98 Å². The number of rotatable bonds is 2. The SMILES string of the molecule is CCOC(=O)c1sc2nc3c(cc2c1N)C(=O)CCC3. The van der Waals surface area contributed by atoms with Crippen LogP contribution in [-0.4, -0.2) is 23.3 Å². The second-order valence-corrected chi connectivity index (χ2v) is 5.68. The molecule has 6 heteroatoms. The van der Waals surface area contributed by atoms with Crippen molar-refractivity contribution >= 4 is 39.0 Å². The zero-order chi connectivity index (χ0) is 14.3. The van der Waals surface area contributed by atoms with Gasteiger partial charge in [0.05, 0.1) is 18.0 Å². The Morgan fingerprint density at radius 3 is 3.05 bits per heavy atom. The molecule has 0 saturated heterocycles. The molecule has 20 heavy (non-hydrogen) atoms. The summed E-state index contributed by atoms with van der Waals surface area (Å²) in [6.45, 7) is 2.05. The van der Waals surface area contributed by atoms with Crippen molar-refractivity contribution in [3.63, 3.8) is 0 Å². The first-order valence-corrected chi connectivity index (χ1v) is 7.35. The van der Waals surface area contributed by atoms with Crippen LogP contribution in [0.2, 0.25) is 0 Å². The van der Waals surface area contributed by atoms with E-state index in [0.717, 1.165) is 18.5 Å². The Kier molecular flexibility index (Phi) is 3.17. The number of pyridine rings is 1. The number of anilines is 1. The van der Waals surface area contributed by atoms with E-state index in [2.05, 4.69) is 4.98 Å². The fourth-order valence-corrected chi connectivity index (χ4v) is 3.40. The number of carbonyl (C=O) groups excluding carboxylic acids is 2. The van der Waals surface area contributed by atoms with Crippen molar-refractivity contribution in [3.05, 3.63) is 22.2 Å². The Bertz CT molecular complexity index is 721. The lowest BCUT2D eigenvalue weighted by Crippen LogP contribution is -2.12. The van der Waals surface area contributed by atoms with Crippen molar-refractivity contribution < 1.29 is 14.3 Å². The van der Waals surface area contributed by atoms with Gasteiger partial charge in [0.15, 0.2) is 5.78 Å². The number of nitrogens with zero attached hydrogens (tertiary/aromatic N) is 1. The summed E-state index contributed by atoms with van der Waals surface area (Å²) < 4.78 is 4.98. The predicted molar refractivity (Wildman–Crippen MR) is 77.3 cm³/mol. The molecular formula is C14H14N2O3S. The van der Waals surface area contributed by atoms with Gasteiger partial charge in [-0.25, -0.2) is 9.78 Å². The van der Waals surface area contributed by atoms with Gasteiger partial charge in [0.2, 0.25) is 0 Å². The lowest BCUT2D eigenvalue weighted by atomic mass is 9.94. The molecule has 0 spiro atoms. The lowest BCUT2D eigenvalue weighted by Gasteiger charge is -2.13. The van der Waals surface area contributed by atoms with Crippen LogP contribution in [0, 0.1) is 0 Å². The molecule has 0 radical (unpaired) electrons. The smallest absolute Gasteiger partial charge is 0.350 e. The minimum atomic E-state index is -0.433. The zero-order valence-corrected chi connectivity index (χ0v) is 11.9. The summed E-state index contributed by atoms with van der Waals surface area (Å²) in [7, 11) is 0. The molecule has 0 aliphatic heterocycles. The van der Waals surface area contributed by atoms with E-state index in [0.29, 0.717) is 39.4 Å². The van der Waals surface area contributed by atoms with Crippen LogP contribution in [0.1, 0.15) is 45.5 Å². The second kappa shape index (κ2) is 4.86. The topological polar surface area (TPSA) is 82.3 Å². The van der Waals surface area contributed by atoms with E-state index in [1.165, 1.54) is 11.3 Å². The van der Waals surface area contributed by atoms with E-state index in [-0.39, 0.29) is 5.78 Å². The maximum absolute atomic E-state index is 11.9. The van der Waals surface area contributed by atoms with Gasteiger partial charge in [-0.2, -0.15) is 0 Å². The first-order valence-electron chi connectivity index (χ1n) is 6.54. The molecule has 0 saturated carbocycles. The molecule has 2 aromatic rings. The molecule has 104 valence electrons.